The molecule has 0 unspecified atom stereocenters. The highest BCUT2D eigenvalue weighted by Crippen LogP contribution is 2.23. The molecule has 0 atom stereocenters. The van der Waals surface area contributed by atoms with Crippen LogP contribution in [-0.4, -0.2) is 25.2 Å². The van der Waals surface area contributed by atoms with Crippen molar-refractivity contribution in [2.24, 2.45) is 0 Å². The van der Waals surface area contributed by atoms with Crippen molar-refractivity contribution in [2.75, 3.05) is 23.8 Å². The number of hydrogen-bond donors (Lipinski definition) is 2. The molecule has 0 fully saturated rings. The Balaban J connectivity index is 1.81. The lowest BCUT2D eigenvalue weighted by Crippen LogP contribution is -2.16. The second kappa shape index (κ2) is 10.1. The van der Waals surface area contributed by atoms with E-state index in [9.17, 15) is 9.59 Å². The molecule has 0 saturated carbocycles. The Bertz CT molecular complexity index is 732. The number of benzene rings is 2. The molecule has 2 amide bonds. The van der Waals surface area contributed by atoms with Gasteiger partial charge in [0.25, 0.3) is 0 Å². The molecule has 2 aromatic rings. The first-order chi connectivity index (χ1) is 12.6. The Morgan fingerprint density at radius 3 is 2.35 bits per heavy atom. The molecule has 0 aliphatic carbocycles. The minimum absolute atomic E-state index is 0.0990. The highest BCUT2D eigenvalue weighted by atomic mass is 16.5. The van der Waals surface area contributed by atoms with Crippen molar-refractivity contribution in [3.8, 4) is 5.75 Å². The summed E-state index contributed by atoms with van der Waals surface area (Å²) in [7, 11) is 0. The third-order valence-electron chi connectivity index (χ3n) is 3.68. The van der Waals surface area contributed by atoms with E-state index in [4.69, 9.17) is 9.47 Å². The fourth-order valence-corrected chi connectivity index (χ4v) is 2.34. The van der Waals surface area contributed by atoms with E-state index in [1.165, 1.54) is 0 Å². The zero-order chi connectivity index (χ0) is 18.8. The largest absolute Gasteiger partial charge is 0.494 e. The van der Waals surface area contributed by atoms with Crippen LogP contribution in [0.2, 0.25) is 0 Å². The van der Waals surface area contributed by atoms with Crippen molar-refractivity contribution < 1.29 is 19.1 Å². The first-order valence-corrected chi connectivity index (χ1v) is 8.61. The lowest BCUT2D eigenvalue weighted by Gasteiger charge is -2.13. The van der Waals surface area contributed by atoms with Crippen LogP contribution >= 0.6 is 0 Å². The van der Waals surface area contributed by atoms with Gasteiger partial charge in [-0.05, 0) is 50.1 Å². The molecule has 6 nitrogen and oxygen atoms in total. The number of anilines is 2. The summed E-state index contributed by atoms with van der Waals surface area (Å²) < 4.78 is 10.4. The van der Waals surface area contributed by atoms with E-state index in [2.05, 4.69) is 10.6 Å². The molecule has 2 aromatic carbocycles. The molecule has 6 heteroatoms. The topological polar surface area (TPSA) is 76.7 Å². The van der Waals surface area contributed by atoms with Gasteiger partial charge in [-0.25, -0.2) is 4.79 Å². The molecule has 0 aliphatic rings. The predicted octanol–water partition coefficient (Wildman–Crippen LogP) is 4.36. The van der Waals surface area contributed by atoms with Crippen molar-refractivity contribution in [3.63, 3.8) is 0 Å². The molecule has 0 bridgehead atoms. The quantitative estimate of drug-likeness (QED) is 0.689. The summed E-state index contributed by atoms with van der Waals surface area (Å²) in [6.07, 6.45) is 0.444. The van der Waals surface area contributed by atoms with Crippen LogP contribution in [0.5, 0.6) is 5.75 Å². The molecule has 138 valence electrons. The van der Waals surface area contributed by atoms with Gasteiger partial charge in [0.2, 0.25) is 5.91 Å². The number of ether oxygens (including phenoxy) is 2. The molecule has 0 aliphatic heterocycles. The standard InChI is InChI=1S/C20H24N2O4/c1-3-25-20(24)22-18-12-7-11-17(15(18)2)21-19(23)13-8-14-26-16-9-5-4-6-10-16/h4-7,9-12H,3,8,13-14H2,1-2H3,(H,21,23)(H,22,24). The second-order valence-corrected chi connectivity index (χ2v) is 5.64. The van der Waals surface area contributed by atoms with Crippen molar-refractivity contribution in [1.82, 2.24) is 0 Å². The normalized spacial score (nSPS) is 10.1. The lowest BCUT2D eigenvalue weighted by atomic mass is 10.1. The summed E-state index contributed by atoms with van der Waals surface area (Å²) in [5.74, 6) is 0.694. The summed E-state index contributed by atoms with van der Waals surface area (Å²) in [5.41, 5.74) is 2.04. The number of nitrogens with one attached hydrogen (secondary N) is 2. The molecular formula is C20H24N2O4. The third-order valence-corrected chi connectivity index (χ3v) is 3.68. The van der Waals surface area contributed by atoms with Crippen LogP contribution in [0.25, 0.3) is 0 Å². The smallest absolute Gasteiger partial charge is 0.411 e. The lowest BCUT2D eigenvalue weighted by molar-refractivity contribution is -0.116. The second-order valence-electron chi connectivity index (χ2n) is 5.64. The molecule has 0 aromatic heterocycles. The summed E-state index contributed by atoms with van der Waals surface area (Å²) in [6, 6.07) is 14.8. The van der Waals surface area contributed by atoms with Gasteiger partial charge in [-0.1, -0.05) is 24.3 Å². The molecule has 0 saturated heterocycles. The number of carbonyl (C=O) groups is 2. The van der Waals surface area contributed by atoms with E-state index in [1.54, 1.807) is 25.1 Å². The van der Waals surface area contributed by atoms with Gasteiger partial charge in [-0.2, -0.15) is 0 Å². The number of rotatable bonds is 8. The molecule has 0 heterocycles. The van der Waals surface area contributed by atoms with E-state index < -0.39 is 6.09 Å². The number of para-hydroxylation sites is 1. The molecular weight excluding hydrogens is 332 g/mol. The maximum absolute atomic E-state index is 12.1. The van der Waals surface area contributed by atoms with Gasteiger partial charge in [0.05, 0.1) is 13.2 Å². The van der Waals surface area contributed by atoms with Gasteiger partial charge in [0.1, 0.15) is 5.75 Å². The van der Waals surface area contributed by atoms with Gasteiger partial charge in [-0.15, -0.1) is 0 Å². The van der Waals surface area contributed by atoms with Gasteiger partial charge < -0.3 is 14.8 Å². The Hall–Kier alpha value is -3.02. The molecule has 0 radical (unpaired) electrons. The number of amides is 2. The maximum atomic E-state index is 12.1. The van der Waals surface area contributed by atoms with Gasteiger partial charge in [0, 0.05) is 17.8 Å². The van der Waals surface area contributed by atoms with Crippen molar-refractivity contribution in [1.29, 1.82) is 0 Å². The minimum atomic E-state index is -0.517. The van der Waals surface area contributed by atoms with Crippen LogP contribution in [0.3, 0.4) is 0 Å². The number of hydrogen-bond acceptors (Lipinski definition) is 4. The summed E-state index contributed by atoms with van der Waals surface area (Å²) in [6.45, 7) is 4.34. The third kappa shape index (κ3) is 6.12. The Kier molecular flexibility index (Phi) is 7.49. The van der Waals surface area contributed by atoms with E-state index >= 15 is 0 Å². The highest BCUT2D eigenvalue weighted by molar-refractivity contribution is 5.94. The average molecular weight is 356 g/mol. The molecule has 2 rings (SSSR count). The van der Waals surface area contributed by atoms with Crippen LogP contribution in [0, 0.1) is 6.92 Å². The number of carbonyl (C=O) groups excluding carboxylic acids is 2. The van der Waals surface area contributed by atoms with Gasteiger partial charge >= 0.3 is 6.09 Å². The fourth-order valence-electron chi connectivity index (χ4n) is 2.34. The minimum Gasteiger partial charge on any atom is -0.494 e. The van der Waals surface area contributed by atoms with Crippen LogP contribution in [-0.2, 0) is 9.53 Å². The zero-order valence-electron chi connectivity index (χ0n) is 15.1. The Labute approximate surface area is 153 Å². The van der Waals surface area contributed by atoms with E-state index in [0.717, 1.165) is 11.3 Å². The average Bonchev–Trinajstić information content (AvgIpc) is 2.63. The van der Waals surface area contributed by atoms with Crippen LogP contribution in [0.15, 0.2) is 48.5 Å². The predicted molar refractivity (Wildman–Crippen MR) is 102 cm³/mol. The summed E-state index contributed by atoms with van der Waals surface area (Å²) in [5, 5.41) is 5.53. The first kappa shape index (κ1) is 19.3. The van der Waals surface area contributed by atoms with Crippen molar-refractivity contribution in [2.45, 2.75) is 26.7 Å². The van der Waals surface area contributed by atoms with Crippen LogP contribution in [0.1, 0.15) is 25.3 Å². The maximum Gasteiger partial charge on any atom is 0.411 e. The zero-order valence-corrected chi connectivity index (χ0v) is 15.1. The van der Waals surface area contributed by atoms with Crippen molar-refractivity contribution in [3.05, 3.63) is 54.1 Å². The molecule has 0 spiro atoms. The fraction of sp³-hybridized carbons (Fsp3) is 0.300. The highest BCUT2D eigenvalue weighted by Gasteiger charge is 2.10. The van der Waals surface area contributed by atoms with E-state index in [-0.39, 0.29) is 5.91 Å². The van der Waals surface area contributed by atoms with Gasteiger partial charge in [0.15, 0.2) is 0 Å². The molecule has 2 N–H and O–H groups in total. The van der Waals surface area contributed by atoms with Crippen LogP contribution in [0.4, 0.5) is 16.2 Å². The summed E-state index contributed by atoms with van der Waals surface area (Å²) >= 11 is 0. The molecule has 26 heavy (non-hydrogen) atoms. The van der Waals surface area contributed by atoms with Crippen LogP contribution < -0.4 is 15.4 Å². The van der Waals surface area contributed by atoms with Gasteiger partial charge in [-0.3, -0.25) is 10.1 Å². The van der Waals surface area contributed by atoms with Crippen molar-refractivity contribution >= 4 is 23.4 Å². The van der Waals surface area contributed by atoms with E-state index in [1.807, 2.05) is 37.3 Å². The Morgan fingerprint density at radius 1 is 0.962 bits per heavy atom. The van der Waals surface area contributed by atoms with E-state index in [0.29, 0.717) is 37.4 Å². The monoisotopic (exact) mass is 356 g/mol. The first-order valence-electron chi connectivity index (χ1n) is 8.61. The summed E-state index contributed by atoms with van der Waals surface area (Å²) in [4.78, 5) is 23.7. The Morgan fingerprint density at radius 2 is 1.65 bits per heavy atom. The SMILES string of the molecule is CCOC(=O)Nc1cccc(NC(=O)CCCOc2ccccc2)c1C.